The minimum Gasteiger partial charge on any atom is -0.370 e. The highest BCUT2D eigenvalue weighted by Crippen LogP contribution is 2.43. The highest BCUT2D eigenvalue weighted by atomic mass is 16.5. The van der Waals surface area contributed by atoms with Gasteiger partial charge < -0.3 is 15.0 Å². The molecule has 0 bridgehead atoms. The molecule has 1 saturated heterocycles. The van der Waals surface area contributed by atoms with Gasteiger partial charge in [0.1, 0.15) is 11.5 Å². The molecule has 2 N–H and O–H groups in total. The van der Waals surface area contributed by atoms with Crippen molar-refractivity contribution < 1.29 is 14.3 Å². The SMILES string of the molecule is Cn1cc(COCc2ccnc(NC(=O)Nc3cccc4c3C3CCCCN3C4=O)c2)nn1. The average molecular weight is 447 g/mol. The van der Waals surface area contributed by atoms with Crippen LogP contribution in [0.1, 0.15) is 52.5 Å². The zero-order valence-electron chi connectivity index (χ0n) is 18.3. The van der Waals surface area contributed by atoms with Crippen molar-refractivity contribution in [2.45, 2.75) is 38.5 Å². The number of carbonyl (C=O) groups excluding carboxylic acids is 2. The number of carbonyl (C=O) groups is 2. The number of ether oxygens (including phenoxy) is 1. The van der Waals surface area contributed by atoms with Crippen LogP contribution < -0.4 is 10.6 Å². The number of rotatable bonds is 6. The van der Waals surface area contributed by atoms with Gasteiger partial charge in [-0.1, -0.05) is 11.3 Å². The molecular formula is C23H25N7O3. The van der Waals surface area contributed by atoms with Crippen molar-refractivity contribution in [2.24, 2.45) is 7.05 Å². The fraction of sp³-hybridized carbons (Fsp3) is 0.348. The number of anilines is 2. The Hall–Kier alpha value is -3.79. The monoisotopic (exact) mass is 447 g/mol. The van der Waals surface area contributed by atoms with E-state index in [2.05, 4.69) is 25.9 Å². The number of nitrogens with zero attached hydrogens (tertiary/aromatic N) is 5. The normalized spacial score (nSPS) is 16.9. The van der Waals surface area contributed by atoms with Crippen LogP contribution in [-0.4, -0.2) is 43.4 Å². The topological polar surface area (TPSA) is 114 Å². The Kier molecular flexibility index (Phi) is 5.74. The number of fused-ring (bicyclic) bond motifs is 3. The molecule has 4 heterocycles. The van der Waals surface area contributed by atoms with Crippen molar-refractivity contribution in [1.29, 1.82) is 0 Å². The number of benzene rings is 1. The number of urea groups is 1. The van der Waals surface area contributed by atoms with Crippen LogP contribution in [0.5, 0.6) is 0 Å². The second-order valence-corrected chi connectivity index (χ2v) is 8.28. The van der Waals surface area contributed by atoms with E-state index in [0.717, 1.165) is 42.6 Å². The van der Waals surface area contributed by atoms with Crippen LogP contribution >= 0.6 is 0 Å². The number of hydrogen-bond donors (Lipinski definition) is 2. The van der Waals surface area contributed by atoms with Crippen LogP contribution in [0.4, 0.5) is 16.3 Å². The Morgan fingerprint density at radius 1 is 1.21 bits per heavy atom. The number of aromatic nitrogens is 4. The largest absolute Gasteiger partial charge is 0.370 e. The smallest absolute Gasteiger partial charge is 0.324 e. The summed E-state index contributed by atoms with van der Waals surface area (Å²) in [5.41, 5.74) is 3.87. The van der Waals surface area contributed by atoms with Gasteiger partial charge in [0.25, 0.3) is 5.91 Å². The second kappa shape index (κ2) is 8.99. The summed E-state index contributed by atoms with van der Waals surface area (Å²) in [5.74, 6) is 0.464. The van der Waals surface area contributed by atoms with Crippen molar-refractivity contribution in [3.05, 3.63) is 65.1 Å². The van der Waals surface area contributed by atoms with Gasteiger partial charge in [-0.3, -0.25) is 14.8 Å². The summed E-state index contributed by atoms with van der Waals surface area (Å²) in [4.78, 5) is 31.6. The highest BCUT2D eigenvalue weighted by molar-refractivity contribution is 6.05. The molecule has 0 saturated carbocycles. The third-order valence-electron chi connectivity index (χ3n) is 5.92. The molecule has 33 heavy (non-hydrogen) atoms. The summed E-state index contributed by atoms with van der Waals surface area (Å²) >= 11 is 0. The number of hydrogen-bond acceptors (Lipinski definition) is 6. The Morgan fingerprint density at radius 3 is 2.97 bits per heavy atom. The van der Waals surface area contributed by atoms with Crippen LogP contribution in [0.15, 0.2) is 42.7 Å². The molecule has 1 unspecified atom stereocenters. The number of nitrogens with one attached hydrogen (secondary N) is 2. The van der Waals surface area contributed by atoms with Crippen molar-refractivity contribution in [3.8, 4) is 0 Å². The minimum atomic E-state index is -0.407. The number of pyridine rings is 1. The van der Waals surface area contributed by atoms with Crippen LogP contribution in [0, 0.1) is 0 Å². The molecule has 1 fully saturated rings. The lowest BCUT2D eigenvalue weighted by molar-refractivity contribution is 0.0672. The molecule has 1 aromatic carbocycles. The Morgan fingerprint density at radius 2 is 2.12 bits per heavy atom. The lowest BCUT2D eigenvalue weighted by Gasteiger charge is -2.30. The van der Waals surface area contributed by atoms with E-state index >= 15 is 0 Å². The van der Waals surface area contributed by atoms with Crippen molar-refractivity contribution in [3.63, 3.8) is 0 Å². The maximum absolute atomic E-state index is 12.7. The van der Waals surface area contributed by atoms with Crippen molar-refractivity contribution in [1.82, 2.24) is 24.9 Å². The van der Waals surface area contributed by atoms with Gasteiger partial charge in [-0.25, -0.2) is 9.78 Å². The van der Waals surface area contributed by atoms with Gasteiger partial charge in [-0.15, -0.1) is 5.10 Å². The molecule has 2 aromatic heterocycles. The zero-order valence-corrected chi connectivity index (χ0v) is 18.3. The first kappa shape index (κ1) is 21.1. The first-order chi connectivity index (χ1) is 16.1. The van der Waals surface area contributed by atoms with Gasteiger partial charge in [0.15, 0.2) is 0 Å². The maximum atomic E-state index is 12.7. The standard InChI is InChI=1S/C23H25N7O3/c1-29-12-16(27-28-29)14-33-13-15-8-9-24-20(11-15)26-23(32)25-18-6-4-5-17-21(18)19-7-2-3-10-30(19)22(17)31/h4-6,8-9,11-12,19H,2-3,7,10,13-14H2,1H3,(H2,24,25,26,32). The minimum absolute atomic E-state index is 0.0330. The first-order valence-corrected chi connectivity index (χ1v) is 11.0. The van der Waals surface area contributed by atoms with Crippen LogP contribution in [0.2, 0.25) is 0 Å². The number of piperidine rings is 1. The molecule has 2 aliphatic heterocycles. The molecule has 2 aliphatic rings. The molecule has 1 atom stereocenters. The molecule has 3 amide bonds. The van der Waals surface area contributed by atoms with E-state index in [1.807, 2.05) is 23.1 Å². The average Bonchev–Trinajstić information content (AvgIpc) is 3.36. The third-order valence-corrected chi connectivity index (χ3v) is 5.92. The first-order valence-electron chi connectivity index (χ1n) is 11.0. The van der Waals surface area contributed by atoms with Crippen LogP contribution in [0.25, 0.3) is 0 Å². The van der Waals surface area contributed by atoms with Crippen molar-refractivity contribution >= 4 is 23.4 Å². The third kappa shape index (κ3) is 4.42. The Balaban J connectivity index is 1.23. The zero-order chi connectivity index (χ0) is 22.8. The Bertz CT molecular complexity index is 1190. The molecule has 10 nitrogen and oxygen atoms in total. The van der Waals surface area contributed by atoms with Gasteiger partial charge in [-0.05, 0) is 49.1 Å². The maximum Gasteiger partial charge on any atom is 0.324 e. The van der Waals surface area contributed by atoms with E-state index in [1.54, 1.807) is 36.3 Å². The fourth-order valence-electron chi connectivity index (χ4n) is 4.49. The van der Waals surface area contributed by atoms with Crippen LogP contribution in [0.3, 0.4) is 0 Å². The molecule has 0 radical (unpaired) electrons. The molecule has 3 aromatic rings. The molecular weight excluding hydrogens is 422 g/mol. The Labute approximate surface area is 190 Å². The summed E-state index contributed by atoms with van der Waals surface area (Å²) in [6.07, 6.45) is 6.42. The van der Waals surface area contributed by atoms with Gasteiger partial charge in [0, 0.05) is 36.6 Å². The van der Waals surface area contributed by atoms with E-state index in [-0.39, 0.29) is 11.9 Å². The lowest BCUT2D eigenvalue weighted by atomic mass is 9.96. The second-order valence-electron chi connectivity index (χ2n) is 8.28. The van der Waals surface area contributed by atoms with Crippen LogP contribution in [-0.2, 0) is 25.0 Å². The van der Waals surface area contributed by atoms with Gasteiger partial charge in [-0.2, -0.15) is 0 Å². The van der Waals surface area contributed by atoms with E-state index in [0.29, 0.717) is 30.3 Å². The van der Waals surface area contributed by atoms with Gasteiger partial charge >= 0.3 is 6.03 Å². The van der Waals surface area contributed by atoms with E-state index in [4.69, 9.17) is 4.74 Å². The van der Waals surface area contributed by atoms with E-state index < -0.39 is 6.03 Å². The van der Waals surface area contributed by atoms with E-state index in [9.17, 15) is 9.59 Å². The number of amides is 3. The molecule has 10 heteroatoms. The predicted octanol–water partition coefficient (Wildman–Crippen LogP) is 3.25. The van der Waals surface area contributed by atoms with E-state index in [1.165, 1.54) is 0 Å². The fourth-order valence-corrected chi connectivity index (χ4v) is 4.49. The lowest BCUT2D eigenvalue weighted by Crippen LogP contribution is -2.32. The predicted molar refractivity (Wildman–Crippen MR) is 120 cm³/mol. The van der Waals surface area contributed by atoms with Gasteiger partial charge in [0.05, 0.1) is 25.5 Å². The number of aryl methyl sites for hydroxylation is 1. The molecule has 0 spiro atoms. The summed E-state index contributed by atoms with van der Waals surface area (Å²) in [7, 11) is 1.80. The molecule has 5 rings (SSSR count). The quantitative estimate of drug-likeness (QED) is 0.600. The highest BCUT2D eigenvalue weighted by Gasteiger charge is 2.39. The summed E-state index contributed by atoms with van der Waals surface area (Å²) < 4.78 is 7.30. The summed E-state index contributed by atoms with van der Waals surface area (Å²) in [6.45, 7) is 1.45. The summed E-state index contributed by atoms with van der Waals surface area (Å²) in [6, 6.07) is 8.70. The summed E-state index contributed by atoms with van der Waals surface area (Å²) in [5, 5.41) is 13.5. The molecule has 170 valence electrons. The molecule has 0 aliphatic carbocycles. The van der Waals surface area contributed by atoms with Crippen molar-refractivity contribution in [2.75, 3.05) is 17.2 Å². The van der Waals surface area contributed by atoms with Gasteiger partial charge in [0.2, 0.25) is 0 Å².